The van der Waals surface area contributed by atoms with Crippen molar-refractivity contribution in [3.63, 3.8) is 0 Å². The van der Waals surface area contributed by atoms with E-state index in [0.29, 0.717) is 5.02 Å². The molecule has 1 rings (SSSR count). The fourth-order valence-electron chi connectivity index (χ4n) is 1.71. The van der Waals surface area contributed by atoms with Crippen LogP contribution in [0.2, 0.25) is 5.02 Å². The average Bonchev–Trinajstić information content (AvgIpc) is 2.25. The highest BCUT2D eigenvalue weighted by Crippen LogP contribution is 2.31. The first kappa shape index (κ1) is 13.2. The van der Waals surface area contributed by atoms with Gasteiger partial charge in [0.2, 0.25) is 0 Å². The van der Waals surface area contributed by atoms with Gasteiger partial charge in [-0.05, 0) is 24.5 Å². The van der Waals surface area contributed by atoms with Crippen LogP contribution < -0.4 is 0 Å². The molecule has 90 valence electrons. The lowest BCUT2D eigenvalue weighted by Gasteiger charge is -2.06. The molecule has 0 bridgehead atoms. The maximum Gasteiger partial charge on any atom is 0.137 e. The fraction of sp³-hybridized carbons (Fsp3) is 0.538. The lowest BCUT2D eigenvalue weighted by molar-refractivity contribution is 0.445. The van der Waals surface area contributed by atoms with Crippen LogP contribution in [0.25, 0.3) is 0 Å². The Hall–Kier alpha value is -0.890. The Balaban J connectivity index is 2.45. The summed E-state index contributed by atoms with van der Waals surface area (Å²) in [7, 11) is 0. The van der Waals surface area contributed by atoms with Gasteiger partial charge in [0.1, 0.15) is 11.5 Å². The summed E-state index contributed by atoms with van der Waals surface area (Å²) < 4.78 is 0. The predicted molar refractivity (Wildman–Crippen MR) is 67.2 cm³/mol. The molecule has 0 aliphatic carbocycles. The molecule has 0 amide bonds. The second-order valence-electron chi connectivity index (χ2n) is 4.10. The fourth-order valence-corrected chi connectivity index (χ4v) is 1.90. The van der Waals surface area contributed by atoms with Gasteiger partial charge >= 0.3 is 0 Å². The van der Waals surface area contributed by atoms with E-state index in [9.17, 15) is 10.2 Å². The summed E-state index contributed by atoms with van der Waals surface area (Å²) in [5, 5.41) is 19.2. The van der Waals surface area contributed by atoms with Crippen molar-refractivity contribution in [2.45, 2.75) is 45.4 Å². The third kappa shape index (κ3) is 3.93. The molecule has 0 radical (unpaired) electrons. The van der Waals surface area contributed by atoms with Crippen molar-refractivity contribution in [2.24, 2.45) is 0 Å². The number of hydrogen-bond acceptors (Lipinski definition) is 2. The molecule has 0 unspecified atom stereocenters. The third-order valence-corrected chi connectivity index (χ3v) is 3.00. The summed E-state index contributed by atoms with van der Waals surface area (Å²) >= 11 is 5.79. The van der Waals surface area contributed by atoms with Crippen LogP contribution in [0.1, 0.15) is 44.6 Å². The van der Waals surface area contributed by atoms with Gasteiger partial charge in [0.25, 0.3) is 0 Å². The number of phenolic OH excluding ortho intramolecular Hbond substituents is 2. The topological polar surface area (TPSA) is 40.5 Å². The molecular weight excluding hydrogens is 224 g/mol. The number of unbranched alkanes of at least 4 members (excludes halogenated alkanes) is 4. The number of hydrogen-bond donors (Lipinski definition) is 2. The summed E-state index contributed by atoms with van der Waals surface area (Å²) in [5.41, 5.74) is 0.819. The molecular formula is C13H19ClO2. The van der Waals surface area contributed by atoms with E-state index < -0.39 is 0 Å². The Morgan fingerprint density at radius 2 is 1.69 bits per heavy atom. The standard InChI is InChI=1S/C13H19ClO2/c1-2-3-4-5-6-7-10-8-11(14)13(16)9-12(10)15/h8-9,15-16H,2-7H2,1H3. The molecule has 0 aromatic heterocycles. The van der Waals surface area contributed by atoms with Gasteiger partial charge in [-0.3, -0.25) is 0 Å². The van der Waals surface area contributed by atoms with Crippen molar-refractivity contribution < 1.29 is 10.2 Å². The first-order valence-corrected chi connectivity index (χ1v) is 6.23. The summed E-state index contributed by atoms with van der Waals surface area (Å²) in [6.07, 6.45) is 6.78. The van der Waals surface area contributed by atoms with Gasteiger partial charge in [0.15, 0.2) is 0 Å². The van der Waals surface area contributed by atoms with E-state index in [1.807, 2.05) is 0 Å². The van der Waals surface area contributed by atoms with Crippen LogP contribution in [0.4, 0.5) is 0 Å². The third-order valence-electron chi connectivity index (χ3n) is 2.70. The van der Waals surface area contributed by atoms with E-state index in [0.717, 1.165) is 18.4 Å². The smallest absolute Gasteiger partial charge is 0.137 e. The zero-order chi connectivity index (χ0) is 12.0. The second-order valence-corrected chi connectivity index (χ2v) is 4.50. The maximum atomic E-state index is 9.60. The van der Waals surface area contributed by atoms with E-state index >= 15 is 0 Å². The Bertz CT molecular complexity index is 337. The molecule has 1 aromatic carbocycles. The Labute approximate surface area is 102 Å². The molecule has 0 atom stereocenters. The normalized spacial score (nSPS) is 10.6. The Kier molecular flexibility index (Phi) is 5.47. The molecule has 3 heteroatoms. The summed E-state index contributed by atoms with van der Waals surface area (Å²) in [4.78, 5) is 0. The first-order valence-electron chi connectivity index (χ1n) is 5.85. The Morgan fingerprint density at radius 3 is 2.38 bits per heavy atom. The monoisotopic (exact) mass is 242 g/mol. The van der Waals surface area contributed by atoms with E-state index in [4.69, 9.17) is 11.6 Å². The Morgan fingerprint density at radius 1 is 1.00 bits per heavy atom. The van der Waals surface area contributed by atoms with Gasteiger partial charge < -0.3 is 10.2 Å². The molecule has 0 spiro atoms. The summed E-state index contributed by atoms with van der Waals surface area (Å²) in [6.45, 7) is 2.19. The van der Waals surface area contributed by atoms with Crippen molar-refractivity contribution in [3.05, 3.63) is 22.7 Å². The molecule has 0 saturated carbocycles. The molecule has 0 saturated heterocycles. The van der Waals surface area contributed by atoms with Crippen LogP contribution in [-0.4, -0.2) is 10.2 Å². The van der Waals surface area contributed by atoms with E-state index in [1.54, 1.807) is 6.07 Å². The quantitative estimate of drug-likeness (QED) is 0.732. The van der Waals surface area contributed by atoms with Gasteiger partial charge in [-0.15, -0.1) is 0 Å². The van der Waals surface area contributed by atoms with Gasteiger partial charge in [-0.2, -0.15) is 0 Å². The van der Waals surface area contributed by atoms with Crippen molar-refractivity contribution >= 4 is 11.6 Å². The van der Waals surface area contributed by atoms with Gasteiger partial charge in [0.05, 0.1) is 5.02 Å². The van der Waals surface area contributed by atoms with Gasteiger partial charge in [-0.1, -0.05) is 44.2 Å². The van der Waals surface area contributed by atoms with Crippen LogP contribution in [0, 0.1) is 0 Å². The van der Waals surface area contributed by atoms with Crippen LogP contribution >= 0.6 is 11.6 Å². The van der Waals surface area contributed by atoms with Crippen molar-refractivity contribution in [3.8, 4) is 11.5 Å². The molecule has 2 N–H and O–H groups in total. The minimum atomic E-state index is -0.0612. The molecule has 0 fully saturated rings. The van der Waals surface area contributed by atoms with Crippen molar-refractivity contribution in [1.29, 1.82) is 0 Å². The molecule has 0 aliphatic heterocycles. The second kappa shape index (κ2) is 6.64. The SMILES string of the molecule is CCCCCCCc1cc(Cl)c(O)cc1O. The van der Waals surface area contributed by atoms with E-state index in [2.05, 4.69) is 6.92 Å². The minimum absolute atomic E-state index is 0.0612. The first-order chi connectivity index (χ1) is 7.65. The number of rotatable bonds is 6. The number of benzene rings is 1. The van der Waals surface area contributed by atoms with Gasteiger partial charge in [-0.25, -0.2) is 0 Å². The van der Waals surface area contributed by atoms with Crippen LogP contribution in [-0.2, 0) is 6.42 Å². The number of halogens is 1. The number of aromatic hydroxyl groups is 2. The van der Waals surface area contributed by atoms with E-state index in [-0.39, 0.29) is 11.5 Å². The largest absolute Gasteiger partial charge is 0.508 e. The summed E-state index contributed by atoms with van der Waals surface area (Å²) in [6, 6.07) is 2.95. The molecule has 1 aromatic rings. The average molecular weight is 243 g/mol. The maximum absolute atomic E-state index is 9.60. The molecule has 16 heavy (non-hydrogen) atoms. The minimum Gasteiger partial charge on any atom is -0.508 e. The summed E-state index contributed by atoms with van der Waals surface area (Å²) in [5.74, 6) is 0.0753. The zero-order valence-electron chi connectivity index (χ0n) is 9.67. The molecule has 2 nitrogen and oxygen atoms in total. The number of phenols is 2. The highest BCUT2D eigenvalue weighted by molar-refractivity contribution is 6.32. The van der Waals surface area contributed by atoms with Crippen molar-refractivity contribution in [1.82, 2.24) is 0 Å². The molecule has 0 heterocycles. The predicted octanol–water partition coefficient (Wildman–Crippen LogP) is 4.26. The molecule has 0 aliphatic rings. The van der Waals surface area contributed by atoms with Crippen LogP contribution in [0.5, 0.6) is 11.5 Å². The highest BCUT2D eigenvalue weighted by atomic mass is 35.5. The highest BCUT2D eigenvalue weighted by Gasteiger charge is 2.06. The van der Waals surface area contributed by atoms with Crippen LogP contribution in [0.3, 0.4) is 0 Å². The van der Waals surface area contributed by atoms with Crippen molar-refractivity contribution in [2.75, 3.05) is 0 Å². The van der Waals surface area contributed by atoms with Crippen LogP contribution in [0.15, 0.2) is 12.1 Å². The van der Waals surface area contributed by atoms with Gasteiger partial charge in [0, 0.05) is 6.07 Å². The lowest BCUT2D eigenvalue weighted by atomic mass is 10.0. The lowest BCUT2D eigenvalue weighted by Crippen LogP contribution is -1.87. The number of aryl methyl sites for hydroxylation is 1. The zero-order valence-corrected chi connectivity index (χ0v) is 10.4. The van der Waals surface area contributed by atoms with E-state index in [1.165, 1.54) is 31.7 Å².